The first-order valence-corrected chi connectivity index (χ1v) is 9.68. The third-order valence-electron chi connectivity index (χ3n) is 4.14. The van der Waals surface area contributed by atoms with Crippen LogP contribution in [0.1, 0.15) is 31.1 Å². The van der Waals surface area contributed by atoms with Crippen LogP contribution in [-0.2, 0) is 14.3 Å². The summed E-state index contributed by atoms with van der Waals surface area (Å²) in [7, 11) is 1.34. The Morgan fingerprint density at radius 1 is 1.23 bits per heavy atom. The van der Waals surface area contributed by atoms with E-state index in [2.05, 4.69) is 16.7 Å². The number of fused-ring (bicyclic) bond motifs is 1. The van der Waals surface area contributed by atoms with Crippen molar-refractivity contribution in [2.45, 2.75) is 26.4 Å². The zero-order chi connectivity index (χ0) is 22.6. The summed E-state index contributed by atoms with van der Waals surface area (Å²) in [6.07, 6.45) is 3.43. The zero-order valence-corrected chi connectivity index (χ0v) is 18.0. The lowest BCUT2D eigenvalue weighted by atomic mass is 10.1. The van der Waals surface area contributed by atoms with Crippen molar-refractivity contribution in [3.8, 4) is 11.1 Å². The van der Waals surface area contributed by atoms with Crippen LogP contribution in [0.3, 0.4) is 0 Å². The van der Waals surface area contributed by atoms with Gasteiger partial charge in [-0.25, -0.2) is 14.3 Å². The predicted octanol–water partition coefficient (Wildman–Crippen LogP) is 3.20. The number of hydrogen-bond donors (Lipinski definition) is 1. The van der Waals surface area contributed by atoms with Crippen molar-refractivity contribution >= 4 is 17.4 Å². The molecule has 164 valence electrons. The zero-order valence-electron chi connectivity index (χ0n) is 18.0. The summed E-state index contributed by atoms with van der Waals surface area (Å²) in [6.45, 7) is 9.50. The fourth-order valence-corrected chi connectivity index (χ4v) is 2.87. The number of hydroxylamine groups is 1. The molecule has 0 atom stereocenters. The highest BCUT2D eigenvalue weighted by Crippen LogP contribution is 2.27. The molecule has 0 aliphatic rings. The molecule has 3 rings (SSSR count). The van der Waals surface area contributed by atoms with Crippen LogP contribution in [0.15, 0.2) is 55.2 Å². The number of esters is 1. The van der Waals surface area contributed by atoms with Gasteiger partial charge in [0.1, 0.15) is 5.60 Å². The maximum Gasteiger partial charge on any atom is 0.337 e. The van der Waals surface area contributed by atoms with Gasteiger partial charge < -0.3 is 14.6 Å². The molecule has 9 nitrogen and oxygen atoms in total. The van der Waals surface area contributed by atoms with E-state index in [0.29, 0.717) is 17.0 Å². The van der Waals surface area contributed by atoms with Gasteiger partial charge >= 0.3 is 5.97 Å². The fraction of sp³-hybridized carbons (Fsp3) is 0.318. The number of carbonyl (C=O) groups is 1. The summed E-state index contributed by atoms with van der Waals surface area (Å²) < 4.78 is 12.2. The van der Waals surface area contributed by atoms with Gasteiger partial charge in [-0.15, -0.1) is 0 Å². The van der Waals surface area contributed by atoms with E-state index in [-0.39, 0.29) is 19.1 Å². The molecule has 1 N–H and O–H groups in total. The van der Waals surface area contributed by atoms with Gasteiger partial charge in [0, 0.05) is 17.8 Å². The van der Waals surface area contributed by atoms with Crippen molar-refractivity contribution in [1.29, 1.82) is 0 Å². The number of aliphatic hydroxyl groups is 1. The lowest BCUT2D eigenvalue weighted by Gasteiger charge is -2.29. The Kier molecular flexibility index (Phi) is 6.57. The number of anilines is 1. The van der Waals surface area contributed by atoms with E-state index in [1.54, 1.807) is 47.2 Å². The van der Waals surface area contributed by atoms with Crippen molar-refractivity contribution in [3.63, 3.8) is 0 Å². The van der Waals surface area contributed by atoms with Gasteiger partial charge in [0.2, 0.25) is 5.88 Å². The molecule has 0 amide bonds. The summed E-state index contributed by atoms with van der Waals surface area (Å²) in [4.78, 5) is 22.0. The first-order valence-electron chi connectivity index (χ1n) is 9.68. The highest BCUT2D eigenvalue weighted by atomic mass is 16.7. The molecular formula is C22H26N4O5. The van der Waals surface area contributed by atoms with E-state index in [4.69, 9.17) is 14.3 Å². The molecule has 0 unspecified atom stereocenters. The Balaban J connectivity index is 1.98. The van der Waals surface area contributed by atoms with Gasteiger partial charge in [0.15, 0.2) is 11.5 Å². The van der Waals surface area contributed by atoms with Crippen LogP contribution >= 0.6 is 0 Å². The summed E-state index contributed by atoms with van der Waals surface area (Å²) >= 11 is 0. The minimum atomic E-state index is -0.495. The summed E-state index contributed by atoms with van der Waals surface area (Å²) in [6, 6.07) is 8.69. The van der Waals surface area contributed by atoms with E-state index in [1.165, 1.54) is 12.2 Å². The normalized spacial score (nSPS) is 11.4. The molecule has 31 heavy (non-hydrogen) atoms. The molecule has 0 spiro atoms. The molecule has 0 saturated carbocycles. The third-order valence-corrected chi connectivity index (χ3v) is 4.14. The summed E-state index contributed by atoms with van der Waals surface area (Å²) in [5.74, 6) is 0.255. The lowest BCUT2D eigenvalue weighted by molar-refractivity contribution is -0.00273. The molecule has 1 aromatic carbocycles. The van der Waals surface area contributed by atoms with E-state index in [0.717, 1.165) is 11.1 Å². The molecule has 0 aliphatic heterocycles. The molecular weight excluding hydrogens is 400 g/mol. The second-order valence-electron chi connectivity index (χ2n) is 7.64. The van der Waals surface area contributed by atoms with Crippen LogP contribution in [0.25, 0.3) is 16.8 Å². The minimum Gasteiger partial charge on any atom is -0.472 e. The van der Waals surface area contributed by atoms with Crippen molar-refractivity contribution in [2.75, 3.05) is 25.4 Å². The molecule has 3 aromatic rings. The van der Waals surface area contributed by atoms with Crippen molar-refractivity contribution in [3.05, 3.63) is 60.8 Å². The molecule has 2 aromatic heterocycles. The number of carbonyl (C=O) groups excluding carboxylic acids is 1. The van der Waals surface area contributed by atoms with Gasteiger partial charge in [-0.3, -0.25) is 4.84 Å². The summed E-state index contributed by atoms with van der Waals surface area (Å²) in [5, 5.41) is 14.9. The van der Waals surface area contributed by atoms with Crippen LogP contribution in [0, 0.1) is 0 Å². The highest BCUT2D eigenvalue weighted by molar-refractivity contribution is 5.90. The second kappa shape index (κ2) is 9.15. The van der Waals surface area contributed by atoms with Gasteiger partial charge in [-0.05, 0) is 45.0 Å². The largest absolute Gasteiger partial charge is 0.472 e. The molecule has 2 heterocycles. The van der Waals surface area contributed by atoms with Crippen LogP contribution in [0.5, 0.6) is 0 Å². The van der Waals surface area contributed by atoms with E-state index in [9.17, 15) is 9.90 Å². The molecule has 0 bridgehead atoms. The quantitative estimate of drug-likeness (QED) is 0.333. The number of aromatic nitrogens is 3. The standard InChI is InChI=1S/C22H26N4O5/c1-15(31-22(2,3)4)26(30-13-12-27)19-10-11-25-20(24-19)18(14-23-25)16-6-8-17(9-7-16)21(28)29-5/h6-11,14,27H,1,12-13H2,2-5H3. The average molecular weight is 426 g/mol. The highest BCUT2D eigenvalue weighted by Gasteiger charge is 2.21. The Hall–Kier alpha value is -3.43. The average Bonchev–Trinajstić information content (AvgIpc) is 3.15. The molecule has 9 heteroatoms. The Morgan fingerprint density at radius 3 is 2.55 bits per heavy atom. The van der Waals surface area contributed by atoms with Crippen LogP contribution in [0.2, 0.25) is 0 Å². The van der Waals surface area contributed by atoms with Crippen molar-refractivity contribution < 1.29 is 24.2 Å². The molecule has 0 fully saturated rings. The third kappa shape index (κ3) is 5.19. The van der Waals surface area contributed by atoms with Crippen LogP contribution < -0.4 is 5.06 Å². The number of benzene rings is 1. The van der Waals surface area contributed by atoms with Crippen LogP contribution in [-0.4, -0.2) is 51.6 Å². The Labute approximate surface area is 180 Å². The first-order chi connectivity index (χ1) is 14.7. The van der Waals surface area contributed by atoms with Gasteiger partial charge in [0.25, 0.3) is 0 Å². The monoisotopic (exact) mass is 426 g/mol. The number of methoxy groups -OCH3 is 1. The van der Waals surface area contributed by atoms with Gasteiger partial charge in [-0.2, -0.15) is 10.2 Å². The van der Waals surface area contributed by atoms with Crippen molar-refractivity contribution in [1.82, 2.24) is 14.6 Å². The van der Waals surface area contributed by atoms with E-state index < -0.39 is 11.6 Å². The Morgan fingerprint density at radius 2 is 1.94 bits per heavy atom. The maximum absolute atomic E-state index is 11.7. The fourth-order valence-electron chi connectivity index (χ4n) is 2.87. The number of nitrogens with zero attached hydrogens (tertiary/aromatic N) is 4. The van der Waals surface area contributed by atoms with Crippen LogP contribution in [0.4, 0.5) is 5.82 Å². The van der Waals surface area contributed by atoms with Gasteiger partial charge in [-0.1, -0.05) is 12.1 Å². The SMILES string of the molecule is C=C(OC(C)(C)C)N(OCCO)c1ccn2ncc(-c3ccc(C(=O)OC)cc3)c2n1. The maximum atomic E-state index is 11.7. The topological polar surface area (TPSA) is 98.4 Å². The summed E-state index contributed by atoms with van der Waals surface area (Å²) in [5.41, 5.74) is 2.13. The molecule has 0 aliphatic carbocycles. The molecule has 0 radical (unpaired) electrons. The van der Waals surface area contributed by atoms with E-state index >= 15 is 0 Å². The number of aliphatic hydroxyl groups excluding tert-OH is 1. The lowest BCUT2D eigenvalue weighted by Crippen LogP contribution is -2.31. The predicted molar refractivity (Wildman–Crippen MR) is 115 cm³/mol. The van der Waals surface area contributed by atoms with Crippen molar-refractivity contribution in [2.24, 2.45) is 0 Å². The number of hydrogen-bond acceptors (Lipinski definition) is 8. The number of ether oxygens (including phenoxy) is 2. The molecule has 0 saturated heterocycles. The Bertz CT molecular complexity index is 1070. The minimum absolute atomic E-state index is 0.0422. The second-order valence-corrected chi connectivity index (χ2v) is 7.64. The smallest absolute Gasteiger partial charge is 0.337 e. The van der Waals surface area contributed by atoms with E-state index in [1.807, 2.05) is 20.8 Å². The van der Waals surface area contributed by atoms with Gasteiger partial charge in [0.05, 0.1) is 32.1 Å². The number of rotatable bonds is 8. The first kappa shape index (κ1) is 22.3.